The van der Waals surface area contributed by atoms with Gasteiger partial charge in [-0.25, -0.2) is 8.42 Å². The number of hydrogen-bond acceptors (Lipinski definition) is 3. The first kappa shape index (κ1) is 12.4. The Morgan fingerprint density at radius 1 is 1.50 bits per heavy atom. The number of hydrogen-bond donors (Lipinski definition) is 1. The van der Waals surface area contributed by atoms with Gasteiger partial charge in [-0.1, -0.05) is 6.92 Å². The predicted molar refractivity (Wildman–Crippen MR) is 40.5 cm³/mol. The Kier molecular flexibility index (Phi) is 5.59. The van der Waals surface area contributed by atoms with Crippen LogP contribution in [0, 0.1) is 0 Å². The molecule has 4 nitrogen and oxygen atoms in total. The van der Waals surface area contributed by atoms with E-state index in [1.807, 2.05) is 0 Å². The van der Waals surface area contributed by atoms with Crippen molar-refractivity contribution < 1.29 is 13.2 Å². The average Bonchev–Trinajstić information content (AvgIpc) is 1.62. The maximum atomic E-state index is 10.3. The molecule has 0 heterocycles. The van der Waals surface area contributed by atoms with Crippen LogP contribution in [0.1, 0.15) is 13.3 Å². The normalized spacial score (nSPS) is 9.80. The average molecular weight is 188 g/mol. The monoisotopic (exact) mass is 187 g/mol. The Labute approximate surface area is 66.5 Å². The number of amides is 1. The second-order valence-electron chi connectivity index (χ2n) is 1.65. The highest BCUT2D eigenvalue weighted by molar-refractivity contribution is 7.89. The van der Waals surface area contributed by atoms with Crippen LogP contribution in [-0.2, 0) is 14.8 Å². The van der Waals surface area contributed by atoms with Gasteiger partial charge in [0.2, 0.25) is 15.9 Å². The minimum Gasteiger partial charge on any atom is -0.274 e. The molecular weight excluding hydrogens is 178 g/mol. The second kappa shape index (κ2) is 4.51. The molecule has 0 saturated heterocycles. The number of halogens is 1. The third kappa shape index (κ3) is 7.71. The van der Waals surface area contributed by atoms with Crippen LogP contribution in [0.3, 0.4) is 0 Å². The van der Waals surface area contributed by atoms with E-state index >= 15 is 0 Å². The molecular formula is C4H10ClNO3S. The second-order valence-corrected chi connectivity index (χ2v) is 3.40. The highest BCUT2D eigenvalue weighted by atomic mass is 35.5. The van der Waals surface area contributed by atoms with Crippen molar-refractivity contribution in [2.75, 3.05) is 6.26 Å². The highest BCUT2D eigenvalue weighted by Gasteiger charge is 2.03. The maximum Gasteiger partial charge on any atom is 0.233 e. The first-order valence-electron chi connectivity index (χ1n) is 2.46. The van der Waals surface area contributed by atoms with E-state index in [1.165, 1.54) is 0 Å². The number of carbonyl (C=O) groups is 1. The molecule has 0 bridgehead atoms. The van der Waals surface area contributed by atoms with Crippen molar-refractivity contribution in [1.82, 2.24) is 4.72 Å². The number of carbonyl (C=O) groups excluding carboxylic acids is 1. The van der Waals surface area contributed by atoms with Gasteiger partial charge in [0, 0.05) is 6.42 Å². The maximum absolute atomic E-state index is 10.3. The molecule has 10 heavy (non-hydrogen) atoms. The third-order valence-electron chi connectivity index (χ3n) is 0.620. The standard InChI is InChI=1S/C4H9NO3S.ClH/c1-3-4(6)5-9(2,7)8;/h3H2,1-2H3,(H,5,6);1H. The number of rotatable bonds is 2. The SMILES string of the molecule is CCC(=O)NS(C)(=O)=O.Cl. The summed E-state index contributed by atoms with van der Waals surface area (Å²) in [6.45, 7) is 1.58. The lowest BCUT2D eigenvalue weighted by atomic mass is 10.5. The Bertz CT molecular complexity index is 199. The molecule has 0 aromatic carbocycles. The van der Waals surface area contributed by atoms with Crippen molar-refractivity contribution in [2.24, 2.45) is 0 Å². The van der Waals surface area contributed by atoms with Crippen LogP contribution in [0.2, 0.25) is 0 Å². The Morgan fingerprint density at radius 2 is 1.90 bits per heavy atom. The Hall–Kier alpha value is -0.290. The lowest BCUT2D eigenvalue weighted by Crippen LogP contribution is -2.28. The fourth-order valence-corrected chi connectivity index (χ4v) is 0.837. The van der Waals surface area contributed by atoms with E-state index < -0.39 is 15.9 Å². The molecule has 0 rings (SSSR count). The predicted octanol–water partition coefficient (Wildman–Crippen LogP) is -0.106. The molecule has 1 N–H and O–H groups in total. The van der Waals surface area contributed by atoms with E-state index in [0.717, 1.165) is 6.26 Å². The first-order chi connectivity index (χ1) is 3.95. The van der Waals surface area contributed by atoms with Crippen LogP contribution in [0.25, 0.3) is 0 Å². The molecule has 0 fully saturated rings. The quantitative estimate of drug-likeness (QED) is 0.657. The smallest absolute Gasteiger partial charge is 0.233 e. The topological polar surface area (TPSA) is 63.2 Å². The van der Waals surface area contributed by atoms with Crippen LogP contribution < -0.4 is 4.72 Å². The van der Waals surface area contributed by atoms with E-state index in [-0.39, 0.29) is 18.8 Å². The van der Waals surface area contributed by atoms with E-state index in [2.05, 4.69) is 0 Å². The zero-order chi connectivity index (χ0) is 7.49. The summed E-state index contributed by atoms with van der Waals surface area (Å²) in [6.07, 6.45) is 1.13. The summed E-state index contributed by atoms with van der Waals surface area (Å²) in [5, 5.41) is 0. The molecule has 62 valence electrons. The molecule has 0 spiro atoms. The zero-order valence-corrected chi connectivity index (χ0v) is 7.38. The van der Waals surface area contributed by atoms with E-state index in [1.54, 1.807) is 11.6 Å². The summed E-state index contributed by atoms with van der Waals surface area (Å²) in [4.78, 5) is 10.3. The summed E-state index contributed by atoms with van der Waals surface area (Å²) < 4.78 is 22.3. The van der Waals surface area contributed by atoms with Crippen LogP contribution >= 0.6 is 12.4 Å². The Morgan fingerprint density at radius 3 is 2.00 bits per heavy atom. The molecule has 0 atom stereocenters. The van der Waals surface area contributed by atoms with Gasteiger partial charge in [0.25, 0.3) is 0 Å². The van der Waals surface area contributed by atoms with Gasteiger partial charge in [0.15, 0.2) is 0 Å². The van der Waals surface area contributed by atoms with Gasteiger partial charge < -0.3 is 0 Å². The van der Waals surface area contributed by atoms with Crippen LogP contribution in [0.4, 0.5) is 0 Å². The van der Waals surface area contributed by atoms with Gasteiger partial charge in [-0.2, -0.15) is 0 Å². The molecule has 6 heteroatoms. The number of sulfonamides is 1. The first-order valence-corrected chi connectivity index (χ1v) is 4.35. The molecule has 1 amide bonds. The molecule has 0 aromatic rings. The van der Waals surface area contributed by atoms with Gasteiger partial charge in [-0.05, 0) is 0 Å². The molecule has 0 radical (unpaired) electrons. The number of nitrogens with one attached hydrogen (secondary N) is 1. The fourth-order valence-electron chi connectivity index (χ4n) is 0.279. The molecule has 0 aliphatic carbocycles. The van der Waals surface area contributed by atoms with Crippen molar-refractivity contribution in [3.05, 3.63) is 0 Å². The van der Waals surface area contributed by atoms with Crippen molar-refractivity contribution >= 4 is 28.3 Å². The Balaban J connectivity index is 0. The highest BCUT2D eigenvalue weighted by Crippen LogP contribution is 1.78. The summed E-state index contributed by atoms with van der Waals surface area (Å²) >= 11 is 0. The van der Waals surface area contributed by atoms with Crippen molar-refractivity contribution in [3.8, 4) is 0 Å². The van der Waals surface area contributed by atoms with Gasteiger partial charge in [0.1, 0.15) is 0 Å². The van der Waals surface area contributed by atoms with E-state index in [4.69, 9.17) is 0 Å². The molecule has 0 saturated carbocycles. The van der Waals surface area contributed by atoms with Gasteiger partial charge in [-0.15, -0.1) is 12.4 Å². The van der Waals surface area contributed by atoms with Crippen LogP contribution in [0.15, 0.2) is 0 Å². The van der Waals surface area contributed by atoms with E-state index in [0.29, 0.717) is 0 Å². The minimum absolute atomic E-state index is 0. The summed E-state index contributed by atoms with van der Waals surface area (Å²) in [5.74, 6) is -0.475. The van der Waals surface area contributed by atoms with Crippen molar-refractivity contribution in [3.63, 3.8) is 0 Å². The summed E-state index contributed by atoms with van der Waals surface area (Å²) in [5.41, 5.74) is 0. The minimum atomic E-state index is -3.33. The lowest BCUT2D eigenvalue weighted by Gasteiger charge is -1.96. The fraction of sp³-hybridized carbons (Fsp3) is 0.750. The molecule has 0 unspecified atom stereocenters. The van der Waals surface area contributed by atoms with Crippen LogP contribution in [0.5, 0.6) is 0 Å². The van der Waals surface area contributed by atoms with Gasteiger partial charge in [0.05, 0.1) is 6.26 Å². The van der Waals surface area contributed by atoms with Crippen molar-refractivity contribution in [2.45, 2.75) is 13.3 Å². The van der Waals surface area contributed by atoms with Gasteiger partial charge >= 0.3 is 0 Å². The van der Waals surface area contributed by atoms with Crippen LogP contribution in [-0.4, -0.2) is 20.6 Å². The van der Waals surface area contributed by atoms with Gasteiger partial charge in [-0.3, -0.25) is 9.52 Å². The molecule has 0 aliphatic heterocycles. The lowest BCUT2D eigenvalue weighted by molar-refractivity contribution is -0.119. The zero-order valence-electron chi connectivity index (χ0n) is 5.75. The molecule has 0 aromatic heterocycles. The largest absolute Gasteiger partial charge is 0.274 e. The van der Waals surface area contributed by atoms with Crippen molar-refractivity contribution in [1.29, 1.82) is 0 Å². The molecule has 0 aliphatic rings. The summed E-state index contributed by atoms with van der Waals surface area (Å²) in [6, 6.07) is 0. The summed E-state index contributed by atoms with van der Waals surface area (Å²) in [7, 11) is -3.33. The third-order valence-corrected chi connectivity index (χ3v) is 1.22. The van der Waals surface area contributed by atoms with E-state index in [9.17, 15) is 13.2 Å².